The molecule has 1 aromatic heterocycles. The highest BCUT2D eigenvalue weighted by Gasteiger charge is 2.28. The number of benzene rings is 1. The predicted octanol–water partition coefficient (Wildman–Crippen LogP) is 3.77. The van der Waals surface area contributed by atoms with E-state index in [9.17, 15) is 22.8 Å². The van der Waals surface area contributed by atoms with E-state index in [2.05, 4.69) is 5.32 Å². The van der Waals surface area contributed by atoms with Gasteiger partial charge in [-0.1, -0.05) is 12.5 Å². The summed E-state index contributed by atoms with van der Waals surface area (Å²) in [4.78, 5) is 38.8. The summed E-state index contributed by atoms with van der Waals surface area (Å²) in [5.41, 5.74) is 1.34. The zero-order chi connectivity index (χ0) is 25.7. The molecule has 2 aromatic rings. The van der Waals surface area contributed by atoms with E-state index in [-0.39, 0.29) is 17.1 Å². The Kier molecular flexibility index (Phi) is 8.43. The van der Waals surface area contributed by atoms with Crippen LogP contribution in [0.15, 0.2) is 29.2 Å². The van der Waals surface area contributed by atoms with Gasteiger partial charge in [-0.15, -0.1) is 11.3 Å². The highest BCUT2D eigenvalue weighted by molar-refractivity contribution is 7.89. The van der Waals surface area contributed by atoms with Crippen molar-refractivity contribution in [2.75, 3.05) is 31.6 Å². The van der Waals surface area contributed by atoms with Crippen LogP contribution in [0, 0.1) is 0 Å². The van der Waals surface area contributed by atoms with E-state index >= 15 is 0 Å². The van der Waals surface area contributed by atoms with Gasteiger partial charge in [-0.05, 0) is 69.2 Å². The van der Waals surface area contributed by atoms with Gasteiger partial charge in [-0.3, -0.25) is 4.79 Å². The van der Waals surface area contributed by atoms with Gasteiger partial charge in [-0.25, -0.2) is 18.0 Å². The molecule has 1 aliphatic heterocycles. The monoisotopic (exact) mass is 534 g/mol. The van der Waals surface area contributed by atoms with Gasteiger partial charge in [0.15, 0.2) is 6.61 Å². The molecule has 0 saturated carbocycles. The Hall–Kier alpha value is -2.76. The lowest BCUT2D eigenvalue weighted by Crippen LogP contribution is -2.35. The van der Waals surface area contributed by atoms with E-state index in [1.807, 2.05) is 0 Å². The van der Waals surface area contributed by atoms with Crippen molar-refractivity contribution < 1.29 is 32.3 Å². The predicted molar refractivity (Wildman–Crippen MR) is 135 cm³/mol. The molecular formula is C25H30N2O7S2. The lowest BCUT2D eigenvalue weighted by Gasteiger charge is -2.25. The third-order valence-electron chi connectivity index (χ3n) is 6.26. The standard InChI is InChI=1S/C25H30N2O7S2/c1-2-33-25(30)22-19-11-4-5-12-20(19)35-23(22)26-21(28)16-34-24(29)17-9-8-10-18(15-17)36(31,32)27-13-6-3-7-14-27/h8-10,15H,2-7,11-14,16H2,1H3,(H,26,28). The van der Waals surface area contributed by atoms with Crippen molar-refractivity contribution >= 4 is 44.2 Å². The Balaban J connectivity index is 1.42. The first-order valence-electron chi connectivity index (χ1n) is 12.2. The number of hydrogen-bond acceptors (Lipinski definition) is 8. The molecule has 0 radical (unpaired) electrons. The van der Waals surface area contributed by atoms with E-state index in [0.717, 1.165) is 55.4 Å². The van der Waals surface area contributed by atoms with Crippen molar-refractivity contribution in [3.63, 3.8) is 0 Å². The fraction of sp³-hybridized carbons (Fsp3) is 0.480. The second-order valence-electron chi connectivity index (χ2n) is 8.75. The molecule has 0 spiro atoms. The van der Waals surface area contributed by atoms with E-state index in [1.54, 1.807) is 6.92 Å². The number of ether oxygens (including phenoxy) is 2. The minimum absolute atomic E-state index is 0.0200. The highest BCUT2D eigenvalue weighted by atomic mass is 32.2. The Morgan fingerprint density at radius 2 is 1.75 bits per heavy atom. The maximum Gasteiger partial charge on any atom is 0.341 e. The number of carbonyl (C=O) groups is 3. The molecule has 2 aliphatic rings. The molecule has 9 nitrogen and oxygen atoms in total. The lowest BCUT2D eigenvalue weighted by molar-refractivity contribution is -0.119. The molecule has 0 unspecified atom stereocenters. The van der Waals surface area contributed by atoms with Crippen LogP contribution in [0.3, 0.4) is 0 Å². The maximum absolute atomic E-state index is 12.9. The summed E-state index contributed by atoms with van der Waals surface area (Å²) >= 11 is 1.35. The Morgan fingerprint density at radius 1 is 1.00 bits per heavy atom. The van der Waals surface area contributed by atoms with Crippen LogP contribution in [0.1, 0.15) is 70.2 Å². The topological polar surface area (TPSA) is 119 Å². The number of anilines is 1. The van der Waals surface area contributed by atoms with E-state index < -0.39 is 34.5 Å². The van der Waals surface area contributed by atoms with Gasteiger partial charge in [0, 0.05) is 18.0 Å². The molecule has 36 heavy (non-hydrogen) atoms. The molecule has 0 bridgehead atoms. The lowest BCUT2D eigenvalue weighted by atomic mass is 9.95. The molecule has 2 heterocycles. The summed E-state index contributed by atoms with van der Waals surface area (Å²) in [6, 6.07) is 5.65. The zero-order valence-corrected chi connectivity index (χ0v) is 21.8. The van der Waals surface area contributed by atoms with Crippen LogP contribution in [0.4, 0.5) is 5.00 Å². The van der Waals surface area contributed by atoms with E-state index in [0.29, 0.717) is 23.7 Å². The van der Waals surface area contributed by atoms with Gasteiger partial charge >= 0.3 is 11.9 Å². The first-order valence-corrected chi connectivity index (χ1v) is 14.5. The number of piperidine rings is 1. The largest absolute Gasteiger partial charge is 0.462 e. The van der Waals surface area contributed by atoms with Gasteiger partial charge in [0.25, 0.3) is 5.91 Å². The van der Waals surface area contributed by atoms with Crippen LogP contribution in [-0.4, -0.2) is 56.9 Å². The molecule has 1 fully saturated rings. The van der Waals surface area contributed by atoms with Gasteiger partial charge in [0.1, 0.15) is 5.00 Å². The van der Waals surface area contributed by atoms with Crippen LogP contribution in [0.2, 0.25) is 0 Å². The first kappa shape index (κ1) is 26.3. The quantitative estimate of drug-likeness (QED) is 0.512. The summed E-state index contributed by atoms with van der Waals surface area (Å²) in [6.07, 6.45) is 6.19. The summed E-state index contributed by atoms with van der Waals surface area (Å²) in [5, 5.41) is 3.09. The average Bonchev–Trinajstić information content (AvgIpc) is 3.25. The fourth-order valence-electron chi connectivity index (χ4n) is 4.49. The van der Waals surface area contributed by atoms with Gasteiger partial charge in [0.05, 0.1) is 22.6 Å². The van der Waals surface area contributed by atoms with Gasteiger partial charge in [-0.2, -0.15) is 4.31 Å². The van der Waals surface area contributed by atoms with Crippen molar-refractivity contribution in [1.82, 2.24) is 4.31 Å². The molecule has 1 saturated heterocycles. The Morgan fingerprint density at radius 3 is 2.50 bits per heavy atom. The maximum atomic E-state index is 12.9. The molecule has 4 rings (SSSR count). The molecule has 1 aromatic carbocycles. The number of nitrogens with zero attached hydrogens (tertiary/aromatic N) is 1. The van der Waals surface area contributed by atoms with Crippen molar-refractivity contribution in [2.24, 2.45) is 0 Å². The number of carbonyl (C=O) groups excluding carboxylic acids is 3. The molecule has 1 amide bonds. The summed E-state index contributed by atoms with van der Waals surface area (Å²) in [7, 11) is -3.71. The molecule has 194 valence electrons. The molecule has 1 N–H and O–H groups in total. The average molecular weight is 535 g/mol. The third kappa shape index (κ3) is 5.79. The number of hydrogen-bond donors (Lipinski definition) is 1. The Bertz CT molecular complexity index is 1250. The number of sulfonamides is 1. The Labute approximate surface area is 214 Å². The number of amides is 1. The van der Waals surface area contributed by atoms with Crippen LogP contribution >= 0.6 is 11.3 Å². The number of fused-ring (bicyclic) bond motifs is 1. The zero-order valence-electron chi connectivity index (χ0n) is 20.2. The summed E-state index contributed by atoms with van der Waals surface area (Å²) in [6.45, 7) is 2.28. The second kappa shape index (κ2) is 11.5. The number of nitrogens with one attached hydrogen (secondary N) is 1. The van der Waals surface area contributed by atoms with Gasteiger partial charge < -0.3 is 14.8 Å². The number of aryl methyl sites for hydroxylation is 1. The van der Waals surface area contributed by atoms with E-state index in [4.69, 9.17) is 9.47 Å². The minimum atomic E-state index is -3.71. The highest BCUT2D eigenvalue weighted by Crippen LogP contribution is 2.38. The summed E-state index contributed by atoms with van der Waals surface area (Å²) in [5.74, 6) is -1.88. The smallest absolute Gasteiger partial charge is 0.341 e. The molecule has 1 aliphatic carbocycles. The summed E-state index contributed by atoms with van der Waals surface area (Å²) < 4.78 is 37.6. The first-order chi connectivity index (χ1) is 17.3. The second-order valence-corrected chi connectivity index (χ2v) is 11.8. The van der Waals surface area contributed by atoms with Gasteiger partial charge in [0.2, 0.25) is 10.0 Å². The number of rotatable bonds is 8. The fourth-order valence-corrected chi connectivity index (χ4v) is 7.35. The van der Waals surface area contributed by atoms with Crippen molar-refractivity contribution in [2.45, 2.75) is 56.8 Å². The van der Waals surface area contributed by atoms with Crippen molar-refractivity contribution in [1.29, 1.82) is 0 Å². The van der Waals surface area contributed by atoms with E-state index in [1.165, 1.54) is 39.9 Å². The van der Waals surface area contributed by atoms with Crippen molar-refractivity contribution in [3.05, 3.63) is 45.8 Å². The number of thiophene rings is 1. The van der Waals surface area contributed by atoms with Crippen LogP contribution in [0.25, 0.3) is 0 Å². The molecule has 0 atom stereocenters. The number of esters is 2. The SMILES string of the molecule is CCOC(=O)c1c(NC(=O)COC(=O)c2cccc(S(=O)(=O)N3CCCCC3)c2)sc2c1CCCC2. The normalized spacial score (nSPS) is 16.1. The molecular weight excluding hydrogens is 504 g/mol. The van der Waals surface area contributed by atoms with Crippen LogP contribution in [-0.2, 0) is 37.1 Å². The third-order valence-corrected chi connectivity index (χ3v) is 9.36. The molecule has 11 heteroatoms. The van der Waals surface area contributed by atoms with Crippen molar-refractivity contribution in [3.8, 4) is 0 Å². The minimum Gasteiger partial charge on any atom is -0.462 e. The van der Waals surface area contributed by atoms with Crippen LogP contribution in [0.5, 0.6) is 0 Å². The van der Waals surface area contributed by atoms with Crippen LogP contribution < -0.4 is 5.32 Å².